The molecule has 0 saturated heterocycles. The molecule has 0 saturated carbocycles. The van der Waals surface area contributed by atoms with Crippen molar-refractivity contribution in [2.75, 3.05) is 18.1 Å². The number of thioether (sulfide) groups is 1. The highest BCUT2D eigenvalue weighted by atomic mass is 32.2. The Morgan fingerprint density at radius 1 is 1.00 bits per heavy atom. The molecule has 2 aromatic carbocycles. The summed E-state index contributed by atoms with van der Waals surface area (Å²) in [6, 6.07) is 19.1. The molecule has 31 heavy (non-hydrogen) atoms. The Bertz CT molecular complexity index is 1080. The van der Waals surface area contributed by atoms with E-state index in [1.807, 2.05) is 60.0 Å². The van der Waals surface area contributed by atoms with E-state index in [-0.39, 0.29) is 23.2 Å². The summed E-state index contributed by atoms with van der Waals surface area (Å²) < 4.78 is 26.4. The standard InChI is InChI=1S/C22H26N4O3S2/c1-18-24-25-22(26(18)15-19-9-4-2-5-10-19)30-16-21(27)23-13-8-14-31(28,29)17-20-11-6-3-7-12-20/h2-7,9-12H,8,13-17H2,1H3,(H,23,27). The van der Waals surface area contributed by atoms with E-state index in [9.17, 15) is 13.2 Å². The predicted octanol–water partition coefficient (Wildman–Crippen LogP) is 2.85. The van der Waals surface area contributed by atoms with E-state index in [1.165, 1.54) is 11.8 Å². The van der Waals surface area contributed by atoms with Gasteiger partial charge in [-0.15, -0.1) is 10.2 Å². The number of carbonyl (C=O) groups excluding carboxylic acids is 1. The lowest BCUT2D eigenvalue weighted by Gasteiger charge is -2.09. The number of sulfone groups is 1. The number of rotatable bonds is 11. The highest BCUT2D eigenvalue weighted by Gasteiger charge is 2.14. The third-order valence-corrected chi connectivity index (χ3v) is 7.25. The highest BCUT2D eigenvalue weighted by Crippen LogP contribution is 2.18. The fraction of sp³-hybridized carbons (Fsp3) is 0.318. The second-order valence-electron chi connectivity index (χ2n) is 7.17. The van der Waals surface area contributed by atoms with Crippen LogP contribution in [0.5, 0.6) is 0 Å². The first kappa shape index (κ1) is 23.0. The van der Waals surface area contributed by atoms with Gasteiger partial charge in [0.05, 0.1) is 23.8 Å². The van der Waals surface area contributed by atoms with Gasteiger partial charge >= 0.3 is 0 Å². The zero-order valence-corrected chi connectivity index (χ0v) is 19.0. The maximum absolute atomic E-state index is 12.2. The zero-order valence-electron chi connectivity index (χ0n) is 17.4. The Labute approximate surface area is 187 Å². The van der Waals surface area contributed by atoms with E-state index in [2.05, 4.69) is 15.5 Å². The van der Waals surface area contributed by atoms with Gasteiger partial charge in [-0.25, -0.2) is 8.42 Å². The van der Waals surface area contributed by atoms with E-state index < -0.39 is 9.84 Å². The van der Waals surface area contributed by atoms with Gasteiger partial charge in [-0.3, -0.25) is 4.79 Å². The summed E-state index contributed by atoms with van der Waals surface area (Å²) in [5.74, 6) is 0.894. The Morgan fingerprint density at radius 2 is 1.65 bits per heavy atom. The summed E-state index contributed by atoms with van der Waals surface area (Å²) in [5, 5.41) is 11.8. The van der Waals surface area contributed by atoms with E-state index in [0.717, 1.165) is 17.0 Å². The van der Waals surface area contributed by atoms with Crippen LogP contribution in [0, 0.1) is 6.92 Å². The van der Waals surface area contributed by atoms with Crippen LogP contribution in [0.15, 0.2) is 65.8 Å². The molecule has 0 unspecified atom stereocenters. The van der Waals surface area contributed by atoms with Crippen LogP contribution in [0.25, 0.3) is 0 Å². The average molecular weight is 459 g/mol. The minimum Gasteiger partial charge on any atom is -0.355 e. The topological polar surface area (TPSA) is 94.0 Å². The molecule has 1 heterocycles. The van der Waals surface area contributed by atoms with Crippen molar-refractivity contribution in [1.29, 1.82) is 0 Å². The number of benzene rings is 2. The molecule has 0 aliphatic carbocycles. The van der Waals surface area contributed by atoms with Gasteiger partial charge in [0.2, 0.25) is 5.91 Å². The molecule has 1 aromatic heterocycles. The molecule has 0 atom stereocenters. The van der Waals surface area contributed by atoms with Crippen molar-refractivity contribution in [3.8, 4) is 0 Å². The monoisotopic (exact) mass is 458 g/mol. The molecule has 0 aliphatic rings. The number of amides is 1. The van der Waals surface area contributed by atoms with Gasteiger partial charge < -0.3 is 9.88 Å². The minimum absolute atomic E-state index is 0.0219. The van der Waals surface area contributed by atoms with Gasteiger partial charge in [-0.2, -0.15) is 0 Å². The molecule has 0 spiro atoms. The predicted molar refractivity (Wildman–Crippen MR) is 123 cm³/mol. The van der Waals surface area contributed by atoms with Crippen molar-refractivity contribution in [2.24, 2.45) is 0 Å². The fourth-order valence-corrected chi connectivity index (χ4v) is 5.26. The van der Waals surface area contributed by atoms with Crippen molar-refractivity contribution >= 4 is 27.5 Å². The Balaban J connectivity index is 1.41. The van der Waals surface area contributed by atoms with Crippen LogP contribution in [0.4, 0.5) is 0 Å². The molecular formula is C22H26N4O3S2. The third-order valence-electron chi connectivity index (χ3n) is 4.60. The number of aromatic nitrogens is 3. The van der Waals surface area contributed by atoms with Crippen molar-refractivity contribution in [3.05, 3.63) is 77.6 Å². The van der Waals surface area contributed by atoms with E-state index in [0.29, 0.717) is 24.7 Å². The molecular weight excluding hydrogens is 432 g/mol. The number of nitrogens with one attached hydrogen (secondary N) is 1. The fourth-order valence-electron chi connectivity index (χ4n) is 3.02. The number of nitrogens with zero attached hydrogens (tertiary/aromatic N) is 3. The Morgan fingerprint density at radius 3 is 2.32 bits per heavy atom. The van der Waals surface area contributed by atoms with Crippen LogP contribution in [-0.2, 0) is 26.9 Å². The molecule has 3 aromatic rings. The summed E-state index contributed by atoms with van der Waals surface area (Å²) in [6.07, 6.45) is 0.384. The molecule has 0 radical (unpaired) electrons. The molecule has 164 valence electrons. The van der Waals surface area contributed by atoms with Crippen LogP contribution in [0.2, 0.25) is 0 Å². The minimum atomic E-state index is -3.20. The van der Waals surface area contributed by atoms with Gasteiger partial charge in [0.1, 0.15) is 5.82 Å². The Hall–Kier alpha value is -2.65. The van der Waals surface area contributed by atoms with Crippen LogP contribution in [-0.4, -0.2) is 47.1 Å². The van der Waals surface area contributed by atoms with Crippen LogP contribution in [0.3, 0.4) is 0 Å². The molecule has 7 nitrogen and oxygen atoms in total. The van der Waals surface area contributed by atoms with Gasteiger partial charge in [0, 0.05) is 6.54 Å². The maximum Gasteiger partial charge on any atom is 0.230 e. The Kier molecular flexibility index (Phi) is 8.25. The normalized spacial score (nSPS) is 11.4. The van der Waals surface area contributed by atoms with Crippen molar-refractivity contribution in [3.63, 3.8) is 0 Å². The van der Waals surface area contributed by atoms with Gasteiger partial charge in [0.25, 0.3) is 0 Å². The largest absolute Gasteiger partial charge is 0.355 e. The number of hydrogen-bond acceptors (Lipinski definition) is 6. The van der Waals surface area contributed by atoms with E-state index in [1.54, 1.807) is 12.1 Å². The lowest BCUT2D eigenvalue weighted by molar-refractivity contribution is -0.118. The second kappa shape index (κ2) is 11.1. The summed E-state index contributed by atoms with van der Waals surface area (Å²) in [5.41, 5.74) is 1.91. The number of carbonyl (C=O) groups is 1. The molecule has 9 heteroatoms. The van der Waals surface area contributed by atoms with Crippen LogP contribution in [0.1, 0.15) is 23.4 Å². The zero-order chi connectivity index (χ0) is 22.1. The smallest absolute Gasteiger partial charge is 0.230 e. The molecule has 0 aliphatic heterocycles. The molecule has 0 bridgehead atoms. The SMILES string of the molecule is Cc1nnc(SCC(=O)NCCCS(=O)(=O)Cc2ccccc2)n1Cc1ccccc1. The lowest BCUT2D eigenvalue weighted by Crippen LogP contribution is -2.27. The summed E-state index contributed by atoms with van der Waals surface area (Å²) in [6.45, 7) is 2.85. The average Bonchev–Trinajstić information content (AvgIpc) is 3.10. The van der Waals surface area contributed by atoms with Crippen molar-refractivity contribution in [1.82, 2.24) is 20.1 Å². The second-order valence-corrected chi connectivity index (χ2v) is 10.3. The molecule has 1 amide bonds. The van der Waals surface area contributed by atoms with Crippen molar-refractivity contribution < 1.29 is 13.2 Å². The third kappa shape index (κ3) is 7.52. The molecule has 0 fully saturated rings. The lowest BCUT2D eigenvalue weighted by atomic mass is 10.2. The van der Waals surface area contributed by atoms with E-state index >= 15 is 0 Å². The summed E-state index contributed by atoms with van der Waals surface area (Å²) in [4.78, 5) is 12.2. The van der Waals surface area contributed by atoms with Gasteiger partial charge in [0.15, 0.2) is 15.0 Å². The maximum atomic E-state index is 12.2. The molecule has 1 N–H and O–H groups in total. The first-order valence-corrected chi connectivity index (χ1v) is 12.8. The summed E-state index contributed by atoms with van der Waals surface area (Å²) in [7, 11) is -3.20. The quantitative estimate of drug-likeness (QED) is 0.351. The number of hydrogen-bond donors (Lipinski definition) is 1. The van der Waals surface area contributed by atoms with Crippen LogP contribution < -0.4 is 5.32 Å². The number of aryl methyl sites for hydroxylation is 1. The first-order chi connectivity index (χ1) is 14.9. The van der Waals surface area contributed by atoms with Crippen molar-refractivity contribution in [2.45, 2.75) is 30.8 Å². The first-order valence-electron chi connectivity index (χ1n) is 10.0. The summed E-state index contributed by atoms with van der Waals surface area (Å²) >= 11 is 1.32. The van der Waals surface area contributed by atoms with Gasteiger partial charge in [-0.1, -0.05) is 72.4 Å². The van der Waals surface area contributed by atoms with Gasteiger partial charge in [-0.05, 0) is 24.5 Å². The highest BCUT2D eigenvalue weighted by molar-refractivity contribution is 7.99. The van der Waals surface area contributed by atoms with Crippen LogP contribution >= 0.6 is 11.8 Å². The van der Waals surface area contributed by atoms with E-state index in [4.69, 9.17) is 0 Å². The molecule has 3 rings (SSSR count).